The normalized spacial score (nSPS) is 25.9. The van der Waals surface area contributed by atoms with Crippen LogP contribution in [0.4, 0.5) is 4.39 Å². The Bertz CT molecular complexity index is 373. The van der Waals surface area contributed by atoms with E-state index < -0.39 is 0 Å². The Morgan fingerprint density at radius 3 is 2.50 bits per heavy atom. The molecule has 0 aromatic heterocycles. The molecule has 100 valence electrons. The Morgan fingerprint density at radius 1 is 1.28 bits per heavy atom. The summed E-state index contributed by atoms with van der Waals surface area (Å²) in [6, 6.07) is 6.90. The molecular formula is C15H23FN2. The molecule has 18 heavy (non-hydrogen) atoms. The van der Waals surface area contributed by atoms with Crippen molar-refractivity contribution in [2.45, 2.75) is 45.1 Å². The summed E-state index contributed by atoms with van der Waals surface area (Å²) >= 11 is 0. The average Bonchev–Trinajstić information content (AvgIpc) is 2.42. The minimum atomic E-state index is -0.155. The fourth-order valence-corrected chi connectivity index (χ4v) is 3.14. The van der Waals surface area contributed by atoms with Crippen molar-refractivity contribution in [3.05, 3.63) is 35.6 Å². The number of hydrazine groups is 1. The van der Waals surface area contributed by atoms with Gasteiger partial charge in [-0.1, -0.05) is 44.4 Å². The van der Waals surface area contributed by atoms with Crippen LogP contribution in [0, 0.1) is 17.7 Å². The van der Waals surface area contributed by atoms with E-state index in [1.165, 1.54) is 25.3 Å². The fraction of sp³-hybridized carbons (Fsp3) is 0.600. The van der Waals surface area contributed by atoms with E-state index in [1.54, 1.807) is 6.07 Å². The largest absolute Gasteiger partial charge is 0.271 e. The van der Waals surface area contributed by atoms with Gasteiger partial charge in [-0.25, -0.2) is 4.39 Å². The molecule has 1 aromatic rings. The predicted molar refractivity (Wildman–Crippen MR) is 72.2 cm³/mol. The van der Waals surface area contributed by atoms with Gasteiger partial charge in [-0.05, 0) is 30.7 Å². The monoisotopic (exact) mass is 250 g/mol. The van der Waals surface area contributed by atoms with Crippen LogP contribution in [0.5, 0.6) is 0 Å². The summed E-state index contributed by atoms with van der Waals surface area (Å²) in [5.41, 5.74) is 3.53. The Balaban J connectivity index is 2.08. The molecular weight excluding hydrogens is 227 g/mol. The van der Waals surface area contributed by atoms with Gasteiger partial charge in [0.2, 0.25) is 0 Å². The van der Waals surface area contributed by atoms with E-state index in [4.69, 9.17) is 5.84 Å². The summed E-state index contributed by atoms with van der Waals surface area (Å²) in [4.78, 5) is 0. The van der Waals surface area contributed by atoms with Gasteiger partial charge in [0.05, 0.1) is 6.04 Å². The van der Waals surface area contributed by atoms with Crippen LogP contribution in [0.2, 0.25) is 0 Å². The molecule has 0 bridgehead atoms. The highest BCUT2D eigenvalue weighted by Gasteiger charge is 2.28. The highest BCUT2D eigenvalue weighted by molar-refractivity contribution is 5.22. The van der Waals surface area contributed by atoms with Gasteiger partial charge < -0.3 is 0 Å². The molecule has 1 aromatic carbocycles. The first-order valence-corrected chi connectivity index (χ1v) is 6.96. The molecule has 3 N–H and O–H groups in total. The molecule has 1 saturated carbocycles. The molecule has 2 nitrogen and oxygen atoms in total. The van der Waals surface area contributed by atoms with Crippen molar-refractivity contribution in [1.29, 1.82) is 0 Å². The van der Waals surface area contributed by atoms with Gasteiger partial charge in [0, 0.05) is 5.56 Å². The summed E-state index contributed by atoms with van der Waals surface area (Å²) in [6.07, 6.45) is 6.03. The van der Waals surface area contributed by atoms with Crippen LogP contribution >= 0.6 is 0 Å². The zero-order valence-electron chi connectivity index (χ0n) is 11.0. The molecule has 0 saturated heterocycles. The van der Waals surface area contributed by atoms with Crippen molar-refractivity contribution in [3.8, 4) is 0 Å². The third-order valence-electron chi connectivity index (χ3n) is 4.36. The topological polar surface area (TPSA) is 38.0 Å². The quantitative estimate of drug-likeness (QED) is 0.633. The molecule has 1 unspecified atom stereocenters. The van der Waals surface area contributed by atoms with Crippen molar-refractivity contribution in [2.75, 3.05) is 0 Å². The molecule has 0 amide bonds. The van der Waals surface area contributed by atoms with Crippen molar-refractivity contribution in [2.24, 2.45) is 17.7 Å². The van der Waals surface area contributed by atoms with Crippen LogP contribution in [-0.2, 0) is 0 Å². The first-order chi connectivity index (χ1) is 8.76. The van der Waals surface area contributed by atoms with Gasteiger partial charge in [-0.3, -0.25) is 11.3 Å². The lowest BCUT2D eigenvalue weighted by Crippen LogP contribution is -2.35. The lowest BCUT2D eigenvalue weighted by Gasteiger charge is -2.33. The molecule has 0 radical (unpaired) electrons. The van der Waals surface area contributed by atoms with Gasteiger partial charge in [0.15, 0.2) is 0 Å². The lowest BCUT2D eigenvalue weighted by molar-refractivity contribution is 0.217. The molecule has 2 rings (SSSR count). The van der Waals surface area contributed by atoms with Crippen LogP contribution in [0.1, 0.15) is 50.6 Å². The maximum absolute atomic E-state index is 13.8. The fourth-order valence-electron chi connectivity index (χ4n) is 3.14. The van der Waals surface area contributed by atoms with Crippen molar-refractivity contribution in [1.82, 2.24) is 5.43 Å². The van der Waals surface area contributed by atoms with E-state index in [2.05, 4.69) is 12.3 Å². The Hall–Kier alpha value is -0.930. The summed E-state index contributed by atoms with van der Waals surface area (Å²) in [5, 5.41) is 0. The number of nitrogens with two attached hydrogens (primary N) is 1. The zero-order chi connectivity index (χ0) is 13.0. The van der Waals surface area contributed by atoms with Gasteiger partial charge in [0.25, 0.3) is 0 Å². The Labute approximate surface area is 109 Å². The third-order valence-corrected chi connectivity index (χ3v) is 4.36. The van der Waals surface area contributed by atoms with Gasteiger partial charge >= 0.3 is 0 Å². The third kappa shape index (κ3) is 2.90. The number of benzene rings is 1. The first-order valence-electron chi connectivity index (χ1n) is 6.96. The predicted octanol–water partition coefficient (Wildman–Crippen LogP) is 3.55. The molecule has 1 aliphatic carbocycles. The van der Waals surface area contributed by atoms with Crippen LogP contribution < -0.4 is 11.3 Å². The molecule has 0 spiro atoms. The number of nitrogens with one attached hydrogen (secondary N) is 1. The molecule has 3 heteroatoms. The Kier molecular flexibility index (Phi) is 4.72. The summed E-state index contributed by atoms with van der Waals surface area (Å²) in [5.74, 6) is 6.80. The van der Waals surface area contributed by atoms with Crippen molar-refractivity contribution in [3.63, 3.8) is 0 Å². The Morgan fingerprint density at radius 2 is 1.94 bits per heavy atom. The zero-order valence-corrected chi connectivity index (χ0v) is 11.0. The van der Waals surface area contributed by atoms with Crippen molar-refractivity contribution >= 4 is 0 Å². The van der Waals surface area contributed by atoms with E-state index in [0.29, 0.717) is 11.5 Å². The van der Waals surface area contributed by atoms with Crippen LogP contribution in [0.25, 0.3) is 0 Å². The number of hydrogen-bond acceptors (Lipinski definition) is 2. The highest BCUT2D eigenvalue weighted by Crippen LogP contribution is 2.38. The van der Waals surface area contributed by atoms with Gasteiger partial charge in [0.1, 0.15) is 5.82 Å². The minimum Gasteiger partial charge on any atom is -0.271 e. The molecule has 0 heterocycles. The van der Waals surface area contributed by atoms with E-state index >= 15 is 0 Å². The number of rotatable bonds is 4. The van der Waals surface area contributed by atoms with E-state index in [0.717, 1.165) is 18.8 Å². The number of halogens is 1. The van der Waals surface area contributed by atoms with Gasteiger partial charge in [-0.2, -0.15) is 0 Å². The second-order valence-corrected chi connectivity index (χ2v) is 5.35. The SMILES string of the molecule is CCC1CCC(C(NN)c2ccccc2F)CC1. The average molecular weight is 250 g/mol. The second-order valence-electron chi connectivity index (χ2n) is 5.35. The highest BCUT2D eigenvalue weighted by atomic mass is 19.1. The molecule has 0 aliphatic heterocycles. The maximum Gasteiger partial charge on any atom is 0.128 e. The molecule has 1 fully saturated rings. The molecule has 1 atom stereocenters. The molecule has 1 aliphatic rings. The summed E-state index contributed by atoms with van der Waals surface area (Å²) < 4.78 is 13.8. The van der Waals surface area contributed by atoms with E-state index in [1.807, 2.05) is 12.1 Å². The second kappa shape index (κ2) is 6.30. The van der Waals surface area contributed by atoms with Crippen LogP contribution in [-0.4, -0.2) is 0 Å². The first kappa shape index (κ1) is 13.5. The maximum atomic E-state index is 13.8. The standard InChI is InChI=1S/C15H23FN2/c1-2-11-7-9-12(10-8-11)15(18-17)13-5-3-4-6-14(13)16/h3-6,11-12,15,18H,2,7-10,17H2,1H3. The minimum absolute atomic E-state index is 0.0518. The van der Waals surface area contributed by atoms with Gasteiger partial charge in [-0.15, -0.1) is 0 Å². The summed E-state index contributed by atoms with van der Waals surface area (Å²) in [7, 11) is 0. The smallest absolute Gasteiger partial charge is 0.128 e. The summed E-state index contributed by atoms with van der Waals surface area (Å²) in [6.45, 7) is 2.25. The van der Waals surface area contributed by atoms with E-state index in [-0.39, 0.29) is 11.9 Å². The van der Waals surface area contributed by atoms with Crippen LogP contribution in [0.3, 0.4) is 0 Å². The number of hydrogen-bond donors (Lipinski definition) is 2. The van der Waals surface area contributed by atoms with Crippen LogP contribution in [0.15, 0.2) is 24.3 Å². The van der Waals surface area contributed by atoms with E-state index in [9.17, 15) is 4.39 Å². The van der Waals surface area contributed by atoms with Crippen molar-refractivity contribution < 1.29 is 4.39 Å². The lowest BCUT2D eigenvalue weighted by atomic mass is 9.76.